The summed E-state index contributed by atoms with van der Waals surface area (Å²) in [5.74, 6) is -0.906. The van der Waals surface area contributed by atoms with Crippen molar-refractivity contribution in [2.75, 3.05) is 13.2 Å². The van der Waals surface area contributed by atoms with Crippen LogP contribution in [0.4, 0.5) is 0 Å². The Bertz CT molecular complexity index is 1260. The van der Waals surface area contributed by atoms with Gasteiger partial charge in [0.25, 0.3) is 0 Å². The van der Waals surface area contributed by atoms with Gasteiger partial charge in [-0.25, -0.2) is 0 Å². The molecule has 0 aromatic heterocycles. The second kappa shape index (κ2) is 55.4. The summed E-state index contributed by atoms with van der Waals surface area (Å²) in [5, 5.41) is 0. The average molecular weight is 936 g/mol. The van der Waals surface area contributed by atoms with Gasteiger partial charge in [0.15, 0.2) is 6.10 Å². The zero-order valence-corrected chi connectivity index (χ0v) is 44.2. The number of hydrogen-bond acceptors (Lipinski definition) is 6. The summed E-state index contributed by atoms with van der Waals surface area (Å²) in [6.07, 6.45) is 70.3. The van der Waals surface area contributed by atoms with Gasteiger partial charge in [0, 0.05) is 19.3 Å². The molecule has 1 unspecified atom stereocenters. The quantitative estimate of drug-likeness (QED) is 0.0262. The van der Waals surface area contributed by atoms with E-state index in [9.17, 15) is 14.4 Å². The standard InChI is InChI=1S/C61H106O6/c1-4-7-10-13-16-19-21-23-25-27-29-30-32-33-35-37-39-42-45-48-51-54-60(63)66-57-58(56-65-59(62)53-50-47-44-41-18-15-12-9-6-3)67-61(64)55-52-49-46-43-40-38-36-34-31-28-26-24-22-20-17-14-11-8-5-2/h17,20-21,23-24,26-27,29,31-34,58H,4-16,18-19,22,25,28,30,35-57H2,1-3H3/b20-17-,23-21-,26-24-,29-27-,33-32-,34-31-. The number of ether oxygens (including phenoxy) is 3. The fourth-order valence-electron chi connectivity index (χ4n) is 7.87. The average Bonchev–Trinajstić information content (AvgIpc) is 3.33. The first kappa shape index (κ1) is 63.8. The van der Waals surface area contributed by atoms with Gasteiger partial charge in [0.2, 0.25) is 0 Å². The van der Waals surface area contributed by atoms with Crippen LogP contribution in [0.15, 0.2) is 72.9 Å². The van der Waals surface area contributed by atoms with Gasteiger partial charge in [-0.15, -0.1) is 0 Å². The lowest BCUT2D eigenvalue weighted by atomic mass is 10.1. The first-order valence-corrected chi connectivity index (χ1v) is 28.4. The van der Waals surface area contributed by atoms with Crippen molar-refractivity contribution in [3.63, 3.8) is 0 Å². The maximum Gasteiger partial charge on any atom is 0.306 e. The summed E-state index contributed by atoms with van der Waals surface area (Å²) in [6.45, 7) is 6.57. The van der Waals surface area contributed by atoms with Gasteiger partial charge in [-0.1, -0.05) is 235 Å². The van der Waals surface area contributed by atoms with E-state index in [1.165, 1.54) is 135 Å². The molecule has 0 aromatic carbocycles. The molecule has 0 aliphatic rings. The summed E-state index contributed by atoms with van der Waals surface area (Å²) >= 11 is 0. The normalized spacial score (nSPS) is 12.6. The van der Waals surface area contributed by atoms with Crippen molar-refractivity contribution in [2.45, 2.75) is 284 Å². The first-order chi connectivity index (χ1) is 33.0. The van der Waals surface area contributed by atoms with Crippen LogP contribution >= 0.6 is 0 Å². The third-order valence-electron chi connectivity index (χ3n) is 12.2. The molecule has 6 nitrogen and oxygen atoms in total. The van der Waals surface area contributed by atoms with Gasteiger partial charge < -0.3 is 14.2 Å². The number of carbonyl (C=O) groups is 3. The van der Waals surface area contributed by atoms with Gasteiger partial charge in [0.1, 0.15) is 13.2 Å². The summed E-state index contributed by atoms with van der Waals surface area (Å²) in [6, 6.07) is 0. The van der Waals surface area contributed by atoms with Crippen LogP contribution < -0.4 is 0 Å². The van der Waals surface area contributed by atoms with Gasteiger partial charge in [-0.3, -0.25) is 14.4 Å². The van der Waals surface area contributed by atoms with Gasteiger partial charge in [-0.05, 0) is 96.3 Å². The molecular formula is C61H106O6. The number of allylic oxidation sites excluding steroid dienone is 12. The zero-order valence-electron chi connectivity index (χ0n) is 44.2. The number of unbranched alkanes of at least 4 members (excludes halogenated alkanes) is 28. The Hall–Kier alpha value is -3.15. The summed E-state index contributed by atoms with van der Waals surface area (Å²) in [4.78, 5) is 38.0. The van der Waals surface area contributed by atoms with Gasteiger partial charge >= 0.3 is 17.9 Å². The molecule has 0 N–H and O–H groups in total. The Labute approximate surface area is 414 Å². The highest BCUT2D eigenvalue weighted by atomic mass is 16.6. The minimum absolute atomic E-state index is 0.0839. The van der Waals surface area contributed by atoms with E-state index in [4.69, 9.17) is 14.2 Å². The number of rotatable bonds is 51. The SMILES string of the molecule is CCCCC/C=C\C/C=C\C/C=C\CCCCCCCCC(=O)OC(COC(=O)CCCCCCCC/C=C\C/C=C\C/C=C\CCCCCCC)COC(=O)CCCCCCCCCCC. The van der Waals surface area contributed by atoms with E-state index in [1.54, 1.807) is 0 Å². The summed E-state index contributed by atoms with van der Waals surface area (Å²) in [5.41, 5.74) is 0. The molecule has 386 valence electrons. The third kappa shape index (κ3) is 53.7. The van der Waals surface area contributed by atoms with Crippen LogP contribution in [0.2, 0.25) is 0 Å². The number of hydrogen-bond donors (Lipinski definition) is 0. The fourth-order valence-corrected chi connectivity index (χ4v) is 7.87. The molecule has 0 saturated heterocycles. The molecule has 0 fully saturated rings. The van der Waals surface area contributed by atoms with E-state index in [0.717, 1.165) is 103 Å². The molecule has 0 aliphatic heterocycles. The van der Waals surface area contributed by atoms with Crippen LogP contribution in [0, 0.1) is 0 Å². The summed E-state index contributed by atoms with van der Waals surface area (Å²) < 4.78 is 16.8. The lowest BCUT2D eigenvalue weighted by Gasteiger charge is -2.18. The maximum atomic E-state index is 12.8. The van der Waals surface area contributed by atoms with Crippen LogP contribution in [0.5, 0.6) is 0 Å². The topological polar surface area (TPSA) is 78.9 Å². The molecule has 0 bridgehead atoms. The molecule has 0 aliphatic carbocycles. The molecule has 0 rings (SSSR count). The molecule has 0 amide bonds. The lowest BCUT2D eigenvalue weighted by molar-refractivity contribution is -0.167. The number of esters is 3. The highest BCUT2D eigenvalue weighted by Gasteiger charge is 2.19. The Balaban J connectivity index is 4.34. The minimum Gasteiger partial charge on any atom is -0.462 e. The van der Waals surface area contributed by atoms with Crippen molar-refractivity contribution in [3.8, 4) is 0 Å². The van der Waals surface area contributed by atoms with Crippen LogP contribution in [0.25, 0.3) is 0 Å². The smallest absolute Gasteiger partial charge is 0.306 e. The largest absolute Gasteiger partial charge is 0.462 e. The molecule has 0 radical (unpaired) electrons. The highest BCUT2D eigenvalue weighted by molar-refractivity contribution is 5.71. The third-order valence-corrected chi connectivity index (χ3v) is 12.2. The second-order valence-corrected chi connectivity index (χ2v) is 18.8. The van der Waals surface area contributed by atoms with Crippen molar-refractivity contribution in [3.05, 3.63) is 72.9 Å². The number of carbonyl (C=O) groups excluding carboxylic acids is 3. The van der Waals surface area contributed by atoms with Crippen molar-refractivity contribution >= 4 is 17.9 Å². The van der Waals surface area contributed by atoms with E-state index in [-0.39, 0.29) is 31.1 Å². The predicted molar refractivity (Wildman–Crippen MR) is 288 cm³/mol. The van der Waals surface area contributed by atoms with E-state index in [2.05, 4.69) is 93.7 Å². The van der Waals surface area contributed by atoms with Crippen LogP contribution in [-0.2, 0) is 28.6 Å². The molecule has 0 aromatic rings. The Morgan fingerprint density at radius 2 is 0.537 bits per heavy atom. The van der Waals surface area contributed by atoms with Crippen molar-refractivity contribution in [1.29, 1.82) is 0 Å². The van der Waals surface area contributed by atoms with Crippen LogP contribution in [0.1, 0.15) is 278 Å². The monoisotopic (exact) mass is 935 g/mol. The molecule has 0 saturated carbocycles. The molecule has 67 heavy (non-hydrogen) atoms. The Morgan fingerprint density at radius 3 is 0.866 bits per heavy atom. The van der Waals surface area contributed by atoms with Crippen LogP contribution in [-0.4, -0.2) is 37.2 Å². The maximum absolute atomic E-state index is 12.8. The first-order valence-electron chi connectivity index (χ1n) is 28.4. The van der Waals surface area contributed by atoms with Crippen molar-refractivity contribution in [1.82, 2.24) is 0 Å². The van der Waals surface area contributed by atoms with Gasteiger partial charge in [0.05, 0.1) is 0 Å². The molecular weight excluding hydrogens is 829 g/mol. The lowest BCUT2D eigenvalue weighted by Crippen LogP contribution is -2.30. The van der Waals surface area contributed by atoms with Gasteiger partial charge in [-0.2, -0.15) is 0 Å². The van der Waals surface area contributed by atoms with Crippen molar-refractivity contribution < 1.29 is 28.6 Å². The highest BCUT2D eigenvalue weighted by Crippen LogP contribution is 2.14. The molecule has 0 spiro atoms. The second-order valence-electron chi connectivity index (χ2n) is 18.8. The van der Waals surface area contributed by atoms with E-state index < -0.39 is 6.10 Å². The predicted octanol–water partition coefficient (Wildman–Crippen LogP) is 19.0. The fraction of sp³-hybridized carbons (Fsp3) is 0.754. The summed E-state index contributed by atoms with van der Waals surface area (Å²) in [7, 11) is 0. The van der Waals surface area contributed by atoms with Crippen molar-refractivity contribution in [2.24, 2.45) is 0 Å². The van der Waals surface area contributed by atoms with E-state index >= 15 is 0 Å². The molecule has 0 heterocycles. The molecule has 6 heteroatoms. The van der Waals surface area contributed by atoms with Crippen LogP contribution in [0.3, 0.4) is 0 Å². The zero-order chi connectivity index (χ0) is 48.6. The Kier molecular flexibility index (Phi) is 52.8. The van der Waals surface area contributed by atoms with E-state index in [1.807, 2.05) is 0 Å². The minimum atomic E-state index is -0.786. The molecule has 1 atom stereocenters. The van der Waals surface area contributed by atoms with E-state index in [0.29, 0.717) is 19.3 Å². The Morgan fingerprint density at radius 1 is 0.299 bits per heavy atom.